The van der Waals surface area contributed by atoms with E-state index >= 15 is 0 Å². The smallest absolute Gasteiger partial charge is 0.306 e. The Bertz CT molecular complexity index is 304. The van der Waals surface area contributed by atoms with Crippen LogP contribution in [-0.2, 0) is 19.1 Å². The summed E-state index contributed by atoms with van der Waals surface area (Å²) in [7, 11) is 2.89. The van der Waals surface area contributed by atoms with Gasteiger partial charge in [0.15, 0.2) is 5.78 Å². The van der Waals surface area contributed by atoms with E-state index in [1.165, 1.54) is 7.11 Å². The van der Waals surface area contributed by atoms with Crippen molar-refractivity contribution in [2.24, 2.45) is 5.92 Å². The van der Waals surface area contributed by atoms with Gasteiger partial charge in [-0.1, -0.05) is 5.57 Å². The Kier molecular flexibility index (Phi) is 4.03. The number of allylic oxidation sites excluding steroid dienone is 1. The van der Waals surface area contributed by atoms with Crippen LogP contribution in [0.2, 0.25) is 0 Å². The zero-order valence-electron chi connectivity index (χ0n) is 9.33. The summed E-state index contributed by atoms with van der Waals surface area (Å²) in [4.78, 5) is 22.9. The van der Waals surface area contributed by atoms with Gasteiger partial charge in [-0.15, -0.1) is 0 Å². The van der Waals surface area contributed by atoms with Crippen molar-refractivity contribution in [1.29, 1.82) is 0 Å². The van der Waals surface area contributed by atoms with Gasteiger partial charge in [-0.05, 0) is 13.3 Å². The maximum absolute atomic E-state index is 11.8. The minimum Gasteiger partial charge on any atom is -0.469 e. The number of esters is 1. The molecule has 0 aliphatic heterocycles. The first kappa shape index (κ1) is 11.9. The first-order valence-electron chi connectivity index (χ1n) is 4.88. The molecule has 0 amide bonds. The highest BCUT2D eigenvalue weighted by atomic mass is 16.5. The topological polar surface area (TPSA) is 52.6 Å². The number of methoxy groups -OCH3 is 2. The lowest BCUT2D eigenvalue weighted by atomic mass is 10.00. The van der Waals surface area contributed by atoms with Crippen LogP contribution in [0.3, 0.4) is 0 Å². The van der Waals surface area contributed by atoms with Crippen molar-refractivity contribution in [2.45, 2.75) is 19.8 Å². The highest BCUT2D eigenvalue weighted by Gasteiger charge is 2.32. The van der Waals surface area contributed by atoms with Crippen LogP contribution in [0.1, 0.15) is 19.8 Å². The van der Waals surface area contributed by atoms with Crippen LogP contribution in [-0.4, -0.2) is 32.6 Å². The highest BCUT2D eigenvalue weighted by Crippen LogP contribution is 2.30. The lowest BCUT2D eigenvalue weighted by molar-refractivity contribution is -0.143. The predicted octanol–water partition coefficient (Wildman–Crippen LogP) is 1.10. The van der Waals surface area contributed by atoms with Crippen molar-refractivity contribution in [3.8, 4) is 0 Å². The fourth-order valence-electron chi connectivity index (χ4n) is 1.83. The van der Waals surface area contributed by atoms with Gasteiger partial charge in [-0.3, -0.25) is 9.59 Å². The monoisotopic (exact) mass is 212 g/mol. The van der Waals surface area contributed by atoms with Crippen LogP contribution < -0.4 is 0 Å². The van der Waals surface area contributed by atoms with Gasteiger partial charge in [0.2, 0.25) is 0 Å². The van der Waals surface area contributed by atoms with Gasteiger partial charge in [0.05, 0.1) is 20.1 Å². The molecule has 0 aromatic heterocycles. The number of hydrogen-bond acceptors (Lipinski definition) is 4. The Morgan fingerprint density at radius 3 is 2.67 bits per heavy atom. The van der Waals surface area contributed by atoms with E-state index in [9.17, 15) is 9.59 Å². The first-order chi connectivity index (χ1) is 7.10. The molecule has 1 aliphatic carbocycles. The van der Waals surface area contributed by atoms with Gasteiger partial charge < -0.3 is 9.47 Å². The second kappa shape index (κ2) is 5.07. The van der Waals surface area contributed by atoms with Crippen LogP contribution in [0.15, 0.2) is 11.1 Å². The summed E-state index contributed by atoms with van der Waals surface area (Å²) < 4.78 is 9.50. The van der Waals surface area contributed by atoms with E-state index in [0.29, 0.717) is 18.6 Å². The standard InChI is InChI=1S/C11H16O4/c1-7-4-8(5-10(12)15-3)11(13)9(7)6-14-2/h8H,4-6H2,1-3H3. The van der Waals surface area contributed by atoms with E-state index in [-0.39, 0.29) is 24.1 Å². The van der Waals surface area contributed by atoms with Gasteiger partial charge in [0, 0.05) is 18.6 Å². The van der Waals surface area contributed by atoms with Gasteiger partial charge in [-0.2, -0.15) is 0 Å². The molecule has 0 saturated heterocycles. The molecule has 15 heavy (non-hydrogen) atoms. The van der Waals surface area contributed by atoms with Gasteiger partial charge in [0.1, 0.15) is 0 Å². The zero-order chi connectivity index (χ0) is 11.4. The molecule has 84 valence electrons. The third-order valence-corrected chi connectivity index (χ3v) is 2.67. The molecular formula is C11H16O4. The molecule has 0 aromatic carbocycles. The molecule has 0 N–H and O–H groups in total. The summed E-state index contributed by atoms with van der Waals surface area (Å²) >= 11 is 0. The third-order valence-electron chi connectivity index (χ3n) is 2.67. The fourth-order valence-corrected chi connectivity index (χ4v) is 1.83. The first-order valence-corrected chi connectivity index (χ1v) is 4.88. The second-order valence-corrected chi connectivity index (χ2v) is 3.74. The van der Waals surface area contributed by atoms with Crippen LogP contribution >= 0.6 is 0 Å². The highest BCUT2D eigenvalue weighted by molar-refractivity contribution is 6.02. The normalized spacial score (nSPS) is 21.0. The number of carbonyl (C=O) groups is 2. The average molecular weight is 212 g/mol. The molecule has 1 rings (SSSR count). The van der Waals surface area contributed by atoms with E-state index in [0.717, 1.165) is 5.57 Å². The Hall–Kier alpha value is -1.16. The fraction of sp³-hybridized carbons (Fsp3) is 0.636. The van der Waals surface area contributed by atoms with Crippen molar-refractivity contribution in [3.05, 3.63) is 11.1 Å². The molecule has 4 heteroatoms. The molecule has 0 heterocycles. The summed E-state index contributed by atoms with van der Waals surface area (Å²) in [5.74, 6) is -0.554. The van der Waals surface area contributed by atoms with Gasteiger partial charge >= 0.3 is 5.97 Å². The summed E-state index contributed by atoms with van der Waals surface area (Å²) in [6.07, 6.45) is 0.812. The maximum atomic E-state index is 11.8. The molecule has 0 bridgehead atoms. The number of rotatable bonds is 4. The molecule has 4 nitrogen and oxygen atoms in total. The van der Waals surface area contributed by atoms with E-state index in [2.05, 4.69) is 4.74 Å². The van der Waals surface area contributed by atoms with Crippen molar-refractivity contribution >= 4 is 11.8 Å². The molecule has 1 aliphatic rings. The minimum atomic E-state index is -0.334. The maximum Gasteiger partial charge on any atom is 0.306 e. The number of hydrogen-bond donors (Lipinski definition) is 0. The quantitative estimate of drug-likeness (QED) is 0.655. The Balaban J connectivity index is 2.63. The summed E-state index contributed by atoms with van der Waals surface area (Å²) in [6, 6.07) is 0. The molecular weight excluding hydrogens is 196 g/mol. The SMILES string of the molecule is COCC1=C(C)CC(CC(=O)OC)C1=O. The molecule has 0 spiro atoms. The van der Waals surface area contributed by atoms with Gasteiger partial charge in [-0.25, -0.2) is 0 Å². The third kappa shape index (κ3) is 2.65. The predicted molar refractivity (Wildman–Crippen MR) is 54.3 cm³/mol. The van der Waals surface area contributed by atoms with Gasteiger partial charge in [0.25, 0.3) is 0 Å². The summed E-state index contributed by atoms with van der Waals surface area (Å²) in [5.41, 5.74) is 1.74. The summed E-state index contributed by atoms with van der Waals surface area (Å²) in [5, 5.41) is 0. The van der Waals surface area contributed by atoms with Crippen molar-refractivity contribution in [2.75, 3.05) is 20.8 Å². The average Bonchev–Trinajstić information content (AvgIpc) is 2.46. The second-order valence-electron chi connectivity index (χ2n) is 3.74. The molecule has 0 radical (unpaired) electrons. The number of carbonyl (C=O) groups excluding carboxylic acids is 2. The van der Waals surface area contributed by atoms with Crippen LogP contribution in [0.5, 0.6) is 0 Å². The van der Waals surface area contributed by atoms with Crippen molar-refractivity contribution in [3.63, 3.8) is 0 Å². The zero-order valence-corrected chi connectivity index (χ0v) is 9.33. The Morgan fingerprint density at radius 2 is 2.13 bits per heavy atom. The van der Waals surface area contributed by atoms with E-state index in [1.54, 1.807) is 7.11 Å². The van der Waals surface area contributed by atoms with Crippen LogP contribution in [0, 0.1) is 5.92 Å². The number of ether oxygens (including phenoxy) is 2. The van der Waals surface area contributed by atoms with Crippen LogP contribution in [0.25, 0.3) is 0 Å². The van der Waals surface area contributed by atoms with Crippen LogP contribution in [0.4, 0.5) is 0 Å². The lowest BCUT2D eigenvalue weighted by Crippen LogP contribution is -2.17. The molecule has 1 unspecified atom stereocenters. The van der Waals surface area contributed by atoms with Crippen molar-refractivity contribution in [1.82, 2.24) is 0 Å². The Labute approximate surface area is 89.2 Å². The molecule has 0 fully saturated rings. The molecule has 1 atom stereocenters. The summed E-state index contributed by atoms with van der Waals surface area (Å²) in [6.45, 7) is 2.24. The Morgan fingerprint density at radius 1 is 1.47 bits per heavy atom. The van der Waals surface area contributed by atoms with Crippen molar-refractivity contribution < 1.29 is 19.1 Å². The number of Topliss-reactive ketones (excluding diaryl/α,β-unsaturated/α-hetero) is 1. The number of ketones is 1. The molecule has 0 saturated carbocycles. The minimum absolute atomic E-state index is 0.0275. The molecule has 0 aromatic rings. The van der Waals surface area contributed by atoms with E-state index < -0.39 is 0 Å². The van der Waals surface area contributed by atoms with E-state index in [4.69, 9.17) is 4.74 Å². The lowest BCUT2D eigenvalue weighted by Gasteiger charge is -2.06. The van der Waals surface area contributed by atoms with E-state index in [1.807, 2.05) is 6.92 Å². The largest absolute Gasteiger partial charge is 0.469 e.